The van der Waals surface area contributed by atoms with Gasteiger partial charge in [-0.1, -0.05) is 44.2 Å². The summed E-state index contributed by atoms with van der Waals surface area (Å²) < 4.78 is 5.23. The first kappa shape index (κ1) is 15.7. The summed E-state index contributed by atoms with van der Waals surface area (Å²) in [5.74, 6) is 0.259. The Morgan fingerprint density at radius 2 is 1.89 bits per heavy atom. The predicted molar refractivity (Wildman–Crippen MR) is 79.0 cm³/mol. The molecule has 0 radical (unpaired) electrons. The van der Waals surface area contributed by atoms with E-state index in [0.29, 0.717) is 12.5 Å². The lowest BCUT2D eigenvalue weighted by Crippen LogP contribution is -2.36. The number of ether oxygens (including phenoxy) is 1. The Bertz CT molecular complexity index is 386. The Morgan fingerprint density at radius 1 is 1.26 bits per heavy atom. The molecular formula is C17H26O2. The van der Waals surface area contributed by atoms with Crippen molar-refractivity contribution in [1.29, 1.82) is 0 Å². The molecule has 0 aromatic heterocycles. The third-order valence-electron chi connectivity index (χ3n) is 4.27. The Hall–Kier alpha value is -1.31. The van der Waals surface area contributed by atoms with Gasteiger partial charge >= 0.3 is 5.97 Å². The third-order valence-corrected chi connectivity index (χ3v) is 4.27. The number of benzene rings is 1. The van der Waals surface area contributed by atoms with E-state index in [9.17, 15) is 4.79 Å². The topological polar surface area (TPSA) is 26.3 Å². The second-order valence-corrected chi connectivity index (χ2v) is 5.42. The number of carbonyl (C=O) groups excluding carboxylic acids is 1. The molecule has 0 heterocycles. The fourth-order valence-corrected chi connectivity index (χ4v) is 2.34. The summed E-state index contributed by atoms with van der Waals surface area (Å²) >= 11 is 0. The average molecular weight is 262 g/mol. The average Bonchev–Trinajstić information content (AvgIpc) is 2.45. The molecule has 1 aromatic carbocycles. The lowest BCUT2D eigenvalue weighted by atomic mass is 9.73. The van der Waals surface area contributed by atoms with Crippen LogP contribution in [0.25, 0.3) is 0 Å². The molecule has 2 heteroatoms. The lowest BCUT2D eigenvalue weighted by Gasteiger charge is -2.32. The predicted octanol–water partition coefficient (Wildman–Crippen LogP) is 4.23. The van der Waals surface area contributed by atoms with Crippen LogP contribution in [0.15, 0.2) is 30.3 Å². The molecule has 0 spiro atoms. The smallest absolute Gasteiger partial charge is 0.312 e. The molecule has 0 aliphatic rings. The summed E-state index contributed by atoms with van der Waals surface area (Å²) in [6.07, 6.45) is 2.84. The maximum atomic E-state index is 12.1. The number of aryl methyl sites for hydroxylation is 1. The van der Waals surface area contributed by atoms with Crippen molar-refractivity contribution in [3.05, 3.63) is 35.9 Å². The van der Waals surface area contributed by atoms with Crippen LogP contribution in [-0.2, 0) is 16.0 Å². The van der Waals surface area contributed by atoms with E-state index in [2.05, 4.69) is 38.1 Å². The molecular weight excluding hydrogens is 236 g/mol. The number of hydrogen-bond donors (Lipinski definition) is 0. The molecule has 0 N–H and O–H groups in total. The van der Waals surface area contributed by atoms with Gasteiger partial charge in [-0.05, 0) is 44.6 Å². The van der Waals surface area contributed by atoms with Crippen LogP contribution < -0.4 is 0 Å². The van der Waals surface area contributed by atoms with E-state index < -0.39 is 0 Å². The van der Waals surface area contributed by atoms with Crippen molar-refractivity contribution in [3.8, 4) is 0 Å². The molecule has 106 valence electrons. The highest BCUT2D eigenvalue weighted by molar-refractivity contribution is 5.76. The van der Waals surface area contributed by atoms with Crippen LogP contribution in [0.4, 0.5) is 0 Å². The zero-order valence-corrected chi connectivity index (χ0v) is 12.6. The van der Waals surface area contributed by atoms with Crippen LogP contribution in [0.3, 0.4) is 0 Å². The monoisotopic (exact) mass is 262 g/mol. The van der Waals surface area contributed by atoms with Gasteiger partial charge in [0.25, 0.3) is 0 Å². The summed E-state index contributed by atoms with van der Waals surface area (Å²) in [5.41, 5.74) is 0.960. The SMILES string of the molecule is CCOC(=O)C(C)(CC)C(C)CCc1ccccc1. The maximum Gasteiger partial charge on any atom is 0.312 e. The van der Waals surface area contributed by atoms with Gasteiger partial charge in [0.05, 0.1) is 12.0 Å². The molecule has 0 saturated heterocycles. The largest absolute Gasteiger partial charge is 0.466 e. The zero-order chi connectivity index (χ0) is 14.3. The Kier molecular flexibility index (Phi) is 6.07. The summed E-state index contributed by atoms with van der Waals surface area (Å²) in [4.78, 5) is 12.1. The molecule has 2 atom stereocenters. The Balaban J connectivity index is 2.63. The van der Waals surface area contributed by atoms with Gasteiger partial charge < -0.3 is 4.74 Å². The summed E-state index contributed by atoms with van der Waals surface area (Å²) in [5, 5.41) is 0. The number of hydrogen-bond acceptors (Lipinski definition) is 2. The molecule has 0 aliphatic carbocycles. The number of esters is 1. The van der Waals surface area contributed by atoms with E-state index in [1.54, 1.807) is 0 Å². The molecule has 0 aliphatic heterocycles. The molecule has 0 fully saturated rings. The molecule has 19 heavy (non-hydrogen) atoms. The minimum absolute atomic E-state index is 0.0574. The van der Waals surface area contributed by atoms with E-state index in [1.807, 2.05) is 19.9 Å². The third kappa shape index (κ3) is 4.09. The van der Waals surface area contributed by atoms with E-state index in [4.69, 9.17) is 4.74 Å². The normalized spacial score (nSPS) is 15.6. The standard InChI is InChI=1S/C17H26O2/c1-5-17(4,16(18)19-6-2)14(3)12-13-15-10-8-7-9-11-15/h7-11,14H,5-6,12-13H2,1-4H3. The van der Waals surface area contributed by atoms with E-state index in [1.165, 1.54) is 5.56 Å². The second-order valence-electron chi connectivity index (χ2n) is 5.42. The minimum Gasteiger partial charge on any atom is -0.466 e. The van der Waals surface area contributed by atoms with E-state index in [-0.39, 0.29) is 11.4 Å². The Morgan fingerprint density at radius 3 is 2.42 bits per heavy atom. The first-order valence-corrected chi connectivity index (χ1v) is 7.25. The first-order valence-electron chi connectivity index (χ1n) is 7.25. The number of carbonyl (C=O) groups is 1. The van der Waals surface area contributed by atoms with Crippen molar-refractivity contribution in [3.63, 3.8) is 0 Å². The summed E-state index contributed by atoms with van der Waals surface area (Å²) in [6, 6.07) is 10.4. The van der Waals surface area contributed by atoms with Crippen molar-refractivity contribution in [2.24, 2.45) is 11.3 Å². The first-order chi connectivity index (χ1) is 9.04. The van der Waals surface area contributed by atoms with Crippen LogP contribution in [0, 0.1) is 11.3 Å². The van der Waals surface area contributed by atoms with Crippen LogP contribution in [0.5, 0.6) is 0 Å². The quantitative estimate of drug-likeness (QED) is 0.687. The van der Waals surface area contributed by atoms with Gasteiger partial charge in [-0.2, -0.15) is 0 Å². The number of rotatable bonds is 7. The van der Waals surface area contributed by atoms with Crippen molar-refractivity contribution < 1.29 is 9.53 Å². The highest BCUT2D eigenvalue weighted by Crippen LogP contribution is 2.35. The van der Waals surface area contributed by atoms with Gasteiger partial charge in [0.1, 0.15) is 0 Å². The maximum absolute atomic E-state index is 12.1. The molecule has 0 saturated carbocycles. The highest BCUT2D eigenvalue weighted by Gasteiger charge is 2.38. The zero-order valence-electron chi connectivity index (χ0n) is 12.6. The fraction of sp³-hybridized carbons (Fsp3) is 0.588. The summed E-state index contributed by atoms with van der Waals surface area (Å²) in [7, 11) is 0. The lowest BCUT2D eigenvalue weighted by molar-refractivity contribution is -0.158. The van der Waals surface area contributed by atoms with E-state index in [0.717, 1.165) is 19.3 Å². The molecule has 1 aromatic rings. The van der Waals surface area contributed by atoms with Gasteiger partial charge in [0.2, 0.25) is 0 Å². The minimum atomic E-state index is -0.370. The van der Waals surface area contributed by atoms with Crippen molar-refractivity contribution in [2.75, 3.05) is 6.61 Å². The molecule has 0 amide bonds. The van der Waals surface area contributed by atoms with Crippen LogP contribution in [-0.4, -0.2) is 12.6 Å². The second kappa shape index (κ2) is 7.32. The van der Waals surface area contributed by atoms with Gasteiger partial charge in [-0.15, -0.1) is 0 Å². The van der Waals surface area contributed by atoms with Gasteiger partial charge in [-0.3, -0.25) is 4.79 Å². The van der Waals surface area contributed by atoms with Gasteiger partial charge in [0, 0.05) is 0 Å². The van der Waals surface area contributed by atoms with Crippen LogP contribution >= 0.6 is 0 Å². The highest BCUT2D eigenvalue weighted by atomic mass is 16.5. The summed E-state index contributed by atoms with van der Waals surface area (Å²) in [6.45, 7) is 8.57. The molecule has 2 nitrogen and oxygen atoms in total. The van der Waals surface area contributed by atoms with Gasteiger partial charge in [0.15, 0.2) is 0 Å². The van der Waals surface area contributed by atoms with E-state index >= 15 is 0 Å². The Labute approximate surface area is 117 Å². The molecule has 0 bridgehead atoms. The van der Waals surface area contributed by atoms with Crippen molar-refractivity contribution in [1.82, 2.24) is 0 Å². The molecule has 2 unspecified atom stereocenters. The fourth-order valence-electron chi connectivity index (χ4n) is 2.34. The van der Waals surface area contributed by atoms with Crippen LogP contribution in [0.2, 0.25) is 0 Å². The van der Waals surface area contributed by atoms with Crippen molar-refractivity contribution in [2.45, 2.75) is 47.0 Å². The van der Waals surface area contributed by atoms with Gasteiger partial charge in [-0.25, -0.2) is 0 Å². The molecule has 1 rings (SSSR count). The van der Waals surface area contributed by atoms with Crippen LogP contribution in [0.1, 0.15) is 46.1 Å². The van der Waals surface area contributed by atoms with Crippen molar-refractivity contribution >= 4 is 5.97 Å².